The lowest BCUT2D eigenvalue weighted by atomic mass is 10.0. The summed E-state index contributed by atoms with van der Waals surface area (Å²) in [5, 5.41) is 18.6. The normalized spacial score (nSPS) is 10.2. The average molecular weight is 238 g/mol. The average Bonchev–Trinajstić information content (AvgIpc) is 2.29. The third kappa shape index (κ3) is 3.37. The number of hydrogen-bond donors (Lipinski definition) is 2. The van der Waals surface area contributed by atoms with Gasteiger partial charge in [0, 0.05) is 0 Å². The number of aromatic hydroxyl groups is 1. The Bertz CT molecular complexity index is 399. The maximum absolute atomic E-state index is 10.6. The van der Waals surface area contributed by atoms with Crippen LogP contribution in [-0.4, -0.2) is 16.4 Å². The highest BCUT2D eigenvalue weighted by Gasteiger charge is 2.15. The van der Waals surface area contributed by atoms with Crippen LogP contribution in [0.25, 0.3) is 0 Å². The maximum atomic E-state index is 10.6. The van der Waals surface area contributed by atoms with Crippen molar-refractivity contribution in [3.05, 3.63) is 23.3 Å². The van der Waals surface area contributed by atoms with Gasteiger partial charge in [0.25, 0.3) is 0 Å². The molecule has 0 radical (unpaired) electrons. The summed E-state index contributed by atoms with van der Waals surface area (Å²) in [4.78, 5) is 10.6. The summed E-state index contributed by atoms with van der Waals surface area (Å²) < 4.78 is 4.68. The van der Waals surface area contributed by atoms with Crippen molar-refractivity contribution in [2.24, 2.45) is 0 Å². The molecule has 0 aliphatic heterocycles. The summed E-state index contributed by atoms with van der Waals surface area (Å²) in [5.41, 5.74) is 1.44. The number of benzene rings is 1. The van der Waals surface area contributed by atoms with E-state index in [1.807, 2.05) is 19.1 Å². The van der Waals surface area contributed by atoms with Crippen LogP contribution in [0.5, 0.6) is 11.5 Å². The quantitative estimate of drug-likeness (QED) is 0.609. The molecule has 0 heterocycles. The van der Waals surface area contributed by atoms with Crippen molar-refractivity contribution in [1.29, 1.82) is 0 Å². The Morgan fingerprint density at radius 1 is 1.29 bits per heavy atom. The van der Waals surface area contributed by atoms with E-state index < -0.39 is 6.16 Å². The van der Waals surface area contributed by atoms with Crippen molar-refractivity contribution in [2.45, 2.75) is 39.5 Å². The van der Waals surface area contributed by atoms with Gasteiger partial charge in [-0.05, 0) is 30.4 Å². The standard InChI is InChI=1S/C13H18O4/c1-3-5-6-10-8-7-9(4-2)11(14)12(10)17-13(15)16/h7-8,14H,3-6H2,1-2H3,(H,15,16). The van der Waals surface area contributed by atoms with Gasteiger partial charge in [-0.1, -0.05) is 32.4 Å². The fraction of sp³-hybridized carbons (Fsp3) is 0.462. The number of hydrogen-bond acceptors (Lipinski definition) is 3. The monoisotopic (exact) mass is 238 g/mol. The number of phenolic OH excluding ortho intramolecular Hbond substituents is 1. The molecule has 0 aliphatic rings. The van der Waals surface area contributed by atoms with Gasteiger partial charge in [-0.25, -0.2) is 4.79 Å². The van der Waals surface area contributed by atoms with Crippen LogP contribution in [-0.2, 0) is 12.8 Å². The molecule has 0 saturated carbocycles. The van der Waals surface area contributed by atoms with Gasteiger partial charge in [-0.15, -0.1) is 0 Å². The Morgan fingerprint density at radius 2 is 1.94 bits per heavy atom. The first-order chi connectivity index (χ1) is 8.10. The van der Waals surface area contributed by atoms with E-state index in [-0.39, 0.29) is 11.5 Å². The molecule has 0 saturated heterocycles. The van der Waals surface area contributed by atoms with Gasteiger partial charge in [-0.2, -0.15) is 0 Å². The number of carbonyl (C=O) groups is 1. The van der Waals surface area contributed by atoms with Gasteiger partial charge in [0.05, 0.1) is 0 Å². The van der Waals surface area contributed by atoms with Crippen molar-refractivity contribution in [3.63, 3.8) is 0 Å². The highest BCUT2D eigenvalue weighted by molar-refractivity contribution is 5.65. The Labute approximate surface area is 101 Å². The van der Waals surface area contributed by atoms with Crippen molar-refractivity contribution in [2.75, 3.05) is 0 Å². The Hall–Kier alpha value is -1.71. The molecule has 1 rings (SSSR count). The number of rotatable bonds is 5. The number of phenols is 1. The van der Waals surface area contributed by atoms with E-state index in [0.717, 1.165) is 18.4 Å². The second-order valence-electron chi connectivity index (χ2n) is 3.89. The first-order valence-electron chi connectivity index (χ1n) is 5.84. The zero-order valence-electron chi connectivity index (χ0n) is 10.2. The topological polar surface area (TPSA) is 66.8 Å². The predicted molar refractivity (Wildman–Crippen MR) is 64.7 cm³/mol. The lowest BCUT2D eigenvalue weighted by Crippen LogP contribution is -2.06. The molecule has 2 N–H and O–H groups in total. The van der Waals surface area contributed by atoms with Crippen molar-refractivity contribution in [1.82, 2.24) is 0 Å². The van der Waals surface area contributed by atoms with Crippen LogP contribution in [0.15, 0.2) is 12.1 Å². The molecule has 0 fully saturated rings. The minimum Gasteiger partial charge on any atom is -0.504 e. The molecule has 0 atom stereocenters. The molecule has 0 bridgehead atoms. The van der Waals surface area contributed by atoms with Gasteiger partial charge in [0.1, 0.15) is 0 Å². The Morgan fingerprint density at radius 3 is 2.47 bits per heavy atom. The van der Waals surface area contributed by atoms with Crippen LogP contribution in [0.1, 0.15) is 37.8 Å². The maximum Gasteiger partial charge on any atom is 0.511 e. The molecule has 0 aromatic heterocycles. The van der Waals surface area contributed by atoms with Gasteiger partial charge < -0.3 is 14.9 Å². The largest absolute Gasteiger partial charge is 0.511 e. The molecule has 4 heteroatoms. The molecule has 0 aliphatic carbocycles. The summed E-state index contributed by atoms with van der Waals surface area (Å²) in [5.74, 6) is 0.0359. The van der Waals surface area contributed by atoms with E-state index in [1.54, 1.807) is 0 Å². The van der Waals surface area contributed by atoms with Crippen LogP contribution in [0.3, 0.4) is 0 Å². The summed E-state index contributed by atoms with van der Waals surface area (Å²) in [7, 11) is 0. The molecule has 4 nitrogen and oxygen atoms in total. The van der Waals surface area contributed by atoms with E-state index in [1.165, 1.54) is 0 Å². The third-order valence-electron chi connectivity index (χ3n) is 2.67. The summed E-state index contributed by atoms with van der Waals surface area (Å²) in [6.45, 7) is 3.95. The van der Waals surface area contributed by atoms with Crippen molar-refractivity contribution < 1.29 is 19.7 Å². The molecule has 17 heavy (non-hydrogen) atoms. The second kappa shape index (κ2) is 6.13. The van der Waals surface area contributed by atoms with Crippen LogP contribution >= 0.6 is 0 Å². The molecular formula is C13H18O4. The fourth-order valence-electron chi connectivity index (χ4n) is 1.70. The SMILES string of the molecule is CCCCc1ccc(CC)c(O)c1OC(=O)O. The highest BCUT2D eigenvalue weighted by Crippen LogP contribution is 2.35. The summed E-state index contributed by atoms with van der Waals surface area (Å²) >= 11 is 0. The smallest absolute Gasteiger partial charge is 0.504 e. The van der Waals surface area contributed by atoms with Crippen LogP contribution in [0.2, 0.25) is 0 Å². The minimum atomic E-state index is -1.40. The molecular weight excluding hydrogens is 220 g/mol. The van der Waals surface area contributed by atoms with Gasteiger partial charge in [0.15, 0.2) is 11.5 Å². The predicted octanol–water partition coefficient (Wildman–Crippen LogP) is 3.35. The fourth-order valence-corrected chi connectivity index (χ4v) is 1.70. The van der Waals surface area contributed by atoms with Crippen LogP contribution < -0.4 is 4.74 Å². The van der Waals surface area contributed by atoms with Crippen LogP contribution in [0, 0.1) is 0 Å². The zero-order chi connectivity index (χ0) is 12.8. The van der Waals surface area contributed by atoms with E-state index in [4.69, 9.17) is 5.11 Å². The number of aryl methyl sites for hydroxylation is 2. The molecule has 0 unspecified atom stereocenters. The lowest BCUT2D eigenvalue weighted by Gasteiger charge is -2.12. The summed E-state index contributed by atoms with van der Waals surface area (Å²) in [6, 6.07) is 3.64. The summed E-state index contributed by atoms with van der Waals surface area (Å²) in [6.07, 6.45) is 1.88. The Balaban J connectivity index is 3.10. The molecule has 1 aromatic rings. The number of ether oxygens (including phenoxy) is 1. The minimum absolute atomic E-state index is 0.0523. The zero-order valence-corrected chi connectivity index (χ0v) is 10.2. The van der Waals surface area contributed by atoms with Crippen molar-refractivity contribution >= 4 is 6.16 Å². The van der Waals surface area contributed by atoms with E-state index in [9.17, 15) is 9.90 Å². The second-order valence-corrected chi connectivity index (χ2v) is 3.89. The highest BCUT2D eigenvalue weighted by atomic mass is 16.7. The molecule has 0 spiro atoms. The van der Waals surface area contributed by atoms with Crippen molar-refractivity contribution in [3.8, 4) is 11.5 Å². The molecule has 94 valence electrons. The molecule has 0 amide bonds. The van der Waals surface area contributed by atoms with E-state index >= 15 is 0 Å². The van der Waals surface area contributed by atoms with Crippen LogP contribution in [0.4, 0.5) is 4.79 Å². The Kier molecular flexibility index (Phi) is 4.82. The third-order valence-corrected chi connectivity index (χ3v) is 2.67. The first-order valence-corrected chi connectivity index (χ1v) is 5.84. The van der Waals surface area contributed by atoms with Gasteiger partial charge in [-0.3, -0.25) is 0 Å². The number of carboxylic acid groups (broad SMARTS) is 1. The first kappa shape index (κ1) is 13.4. The van der Waals surface area contributed by atoms with E-state index in [0.29, 0.717) is 18.4 Å². The number of unbranched alkanes of at least 4 members (excludes halogenated alkanes) is 1. The molecule has 1 aromatic carbocycles. The lowest BCUT2D eigenvalue weighted by molar-refractivity contribution is 0.142. The van der Waals surface area contributed by atoms with Gasteiger partial charge >= 0.3 is 6.16 Å². The van der Waals surface area contributed by atoms with E-state index in [2.05, 4.69) is 11.7 Å². The van der Waals surface area contributed by atoms with Gasteiger partial charge in [0.2, 0.25) is 0 Å².